The molecule has 10 rings (SSSR count). The Hall–Kier alpha value is -5.38. The van der Waals surface area contributed by atoms with Gasteiger partial charge < -0.3 is 28.6 Å². The van der Waals surface area contributed by atoms with E-state index in [4.69, 9.17) is 19.4 Å². The highest BCUT2D eigenvalue weighted by atomic mass is 16.5. The summed E-state index contributed by atoms with van der Waals surface area (Å²) in [7, 11) is 3.68. The van der Waals surface area contributed by atoms with E-state index in [-0.39, 0.29) is 23.8 Å². The lowest BCUT2D eigenvalue weighted by atomic mass is 9.53. The quantitative estimate of drug-likeness (QED) is 0.169. The third kappa shape index (κ3) is 4.54. The van der Waals surface area contributed by atoms with Crippen LogP contribution in [0.5, 0.6) is 11.5 Å². The van der Waals surface area contributed by atoms with Gasteiger partial charge in [-0.3, -0.25) is 4.79 Å². The van der Waals surface area contributed by atoms with Crippen LogP contribution in [0.2, 0.25) is 0 Å². The lowest BCUT2D eigenvalue weighted by molar-refractivity contribution is -0.0204. The number of methoxy groups -OCH3 is 1. The number of aromatic nitrogens is 4. The lowest BCUT2D eigenvalue weighted by Crippen LogP contribution is -2.53. The summed E-state index contributed by atoms with van der Waals surface area (Å²) in [5.74, 6) is 3.71. The Kier molecular flexibility index (Phi) is 6.60. The first-order valence-corrected chi connectivity index (χ1v) is 18.1. The average molecular weight is 682 g/mol. The van der Waals surface area contributed by atoms with Crippen molar-refractivity contribution in [2.45, 2.75) is 45.2 Å². The van der Waals surface area contributed by atoms with Crippen LogP contribution in [0.4, 0.5) is 0 Å². The number of fused-ring (bicyclic) bond motifs is 3. The number of carbonyl (C=O) groups is 2. The molecule has 3 aromatic carbocycles. The topological polar surface area (TPSA) is 112 Å². The van der Waals surface area contributed by atoms with Crippen molar-refractivity contribution < 1.29 is 24.2 Å². The van der Waals surface area contributed by atoms with E-state index in [9.17, 15) is 14.7 Å². The number of nitrogens with zero attached hydrogens (tertiary/aromatic N) is 5. The van der Waals surface area contributed by atoms with E-state index in [1.54, 1.807) is 32.2 Å². The molecule has 1 aliphatic heterocycles. The van der Waals surface area contributed by atoms with E-state index in [1.807, 2.05) is 25.2 Å². The number of benzene rings is 3. The Bertz CT molecular complexity index is 2460. The number of esters is 1. The number of phenolic OH excluding ortho intramolecular Hbond substituents is 1. The van der Waals surface area contributed by atoms with Crippen LogP contribution in [0.1, 0.15) is 53.3 Å². The Labute approximate surface area is 294 Å². The minimum atomic E-state index is -0.559. The maximum Gasteiger partial charge on any atom is 0.341 e. The molecule has 258 valence electrons. The molecule has 10 heteroatoms. The number of aryl methyl sites for hydroxylation is 1. The van der Waals surface area contributed by atoms with Gasteiger partial charge in [-0.15, -0.1) is 0 Å². The van der Waals surface area contributed by atoms with Crippen LogP contribution in [0.25, 0.3) is 55.6 Å². The Balaban J connectivity index is 1.04. The summed E-state index contributed by atoms with van der Waals surface area (Å²) in [6.45, 7) is 3.71. The van der Waals surface area contributed by atoms with Crippen LogP contribution in [0.15, 0.2) is 60.7 Å². The third-order valence-electron chi connectivity index (χ3n) is 12.1. The highest BCUT2D eigenvalue weighted by molar-refractivity contribution is 6.02. The van der Waals surface area contributed by atoms with E-state index in [0.717, 1.165) is 70.1 Å². The van der Waals surface area contributed by atoms with Crippen molar-refractivity contribution in [3.8, 4) is 34.3 Å². The van der Waals surface area contributed by atoms with Crippen molar-refractivity contribution in [2.24, 2.45) is 30.7 Å². The molecule has 6 aromatic rings. The minimum Gasteiger partial charge on any atom is -0.506 e. The molecule has 3 aliphatic carbocycles. The molecule has 0 spiro atoms. The molecular formula is C41H39N5O5. The summed E-state index contributed by atoms with van der Waals surface area (Å²) in [5.41, 5.74) is 6.80. The molecule has 0 radical (unpaired) electrons. The molecule has 4 heterocycles. The van der Waals surface area contributed by atoms with Crippen molar-refractivity contribution in [3.63, 3.8) is 0 Å². The zero-order valence-corrected chi connectivity index (χ0v) is 28.9. The Morgan fingerprint density at radius 3 is 2.59 bits per heavy atom. The number of carbonyl (C=O) groups excluding carboxylic acids is 2. The highest BCUT2D eigenvalue weighted by Crippen LogP contribution is 2.61. The number of imidazole rings is 1. The van der Waals surface area contributed by atoms with Gasteiger partial charge in [0.05, 0.1) is 36.1 Å². The second-order valence-electron chi connectivity index (χ2n) is 14.9. The van der Waals surface area contributed by atoms with Crippen LogP contribution in [0, 0.1) is 23.7 Å². The van der Waals surface area contributed by atoms with Crippen LogP contribution < -0.4 is 4.74 Å². The summed E-state index contributed by atoms with van der Waals surface area (Å²) in [5, 5.41) is 12.4. The van der Waals surface area contributed by atoms with Crippen LogP contribution in [0.3, 0.4) is 0 Å². The molecule has 10 nitrogen and oxygen atoms in total. The monoisotopic (exact) mass is 681 g/mol. The standard InChI is InChI=1S/C41H39N5O5/c1-4-51-41(49)28-10-12-30-27(38(28)47)9-11-29(42-30)22-7-8-23-16-34(45(32(23)15-22)19-21-5-6-21)39-43-31-14-25(18-35(50-3)37(31)44(39)2)40(48)46-20-26-13-24-17-33(46)36(24)26/h7-12,14-16,18,21,24,26,33,36,47H,4-6,13,17,19-20H2,1-3H3/t24?,26?,33?,36-/m1/s1. The minimum absolute atomic E-state index is 0.0904. The van der Waals surface area contributed by atoms with Gasteiger partial charge in [0.2, 0.25) is 0 Å². The molecule has 1 saturated heterocycles. The molecular weight excluding hydrogens is 642 g/mol. The number of amides is 1. The smallest absolute Gasteiger partial charge is 0.341 e. The summed E-state index contributed by atoms with van der Waals surface area (Å²) in [6, 6.07) is 19.8. The molecule has 4 aliphatic rings. The number of likely N-dealkylation sites (tertiary alicyclic amines) is 1. The van der Waals surface area contributed by atoms with Crippen molar-refractivity contribution in [2.75, 3.05) is 20.3 Å². The molecule has 1 N–H and O–H groups in total. The molecule has 4 atom stereocenters. The lowest BCUT2D eigenvalue weighted by Gasteiger charge is -2.52. The first-order chi connectivity index (χ1) is 24.8. The zero-order valence-electron chi connectivity index (χ0n) is 28.9. The van der Waals surface area contributed by atoms with Crippen LogP contribution in [-0.2, 0) is 18.3 Å². The first kappa shape index (κ1) is 30.4. The highest BCUT2D eigenvalue weighted by Gasteiger charge is 2.61. The molecule has 3 saturated carbocycles. The number of hydrogen-bond acceptors (Lipinski definition) is 7. The van der Waals surface area contributed by atoms with Gasteiger partial charge in [-0.1, -0.05) is 12.1 Å². The largest absolute Gasteiger partial charge is 0.506 e. The maximum absolute atomic E-state index is 13.9. The average Bonchev–Trinajstić information content (AvgIpc) is 3.80. The predicted octanol–water partition coefficient (Wildman–Crippen LogP) is 7.19. The number of phenols is 1. The fourth-order valence-electron chi connectivity index (χ4n) is 9.26. The molecule has 0 bridgehead atoms. The van der Waals surface area contributed by atoms with Crippen molar-refractivity contribution in [3.05, 3.63) is 71.8 Å². The molecule has 1 amide bonds. The van der Waals surface area contributed by atoms with Gasteiger partial charge in [0.1, 0.15) is 22.6 Å². The van der Waals surface area contributed by atoms with E-state index in [1.165, 1.54) is 19.3 Å². The van der Waals surface area contributed by atoms with E-state index in [0.29, 0.717) is 46.0 Å². The van der Waals surface area contributed by atoms with Crippen molar-refractivity contribution in [1.29, 1.82) is 0 Å². The second kappa shape index (κ2) is 11.1. The summed E-state index contributed by atoms with van der Waals surface area (Å²) < 4.78 is 15.5. The third-order valence-corrected chi connectivity index (χ3v) is 12.1. The van der Waals surface area contributed by atoms with Gasteiger partial charge >= 0.3 is 5.97 Å². The van der Waals surface area contributed by atoms with Gasteiger partial charge in [0.25, 0.3) is 5.91 Å². The number of aromatic hydroxyl groups is 1. The number of hydrogen-bond donors (Lipinski definition) is 1. The van der Waals surface area contributed by atoms with Crippen LogP contribution in [-0.4, -0.2) is 67.3 Å². The fraction of sp³-hybridized carbons (Fsp3) is 0.366. The zero-order chi connectivity index (χ0) is 34.7. The van der Waals surface area contributed by atoms with E-state index < -0.39 is 5.97 Å². The van der Waals surface area contributed by atoms with Gasteiger partial charge in [-0.05, 0) is 105 Å². The Morgan fingerprint density at radius 2 is 1.82 bits per heavy atom. The number of rotatable bonds is 8. The molecule has 3 aromatic heterocycles. The SMILES string of the molecule is CCOC(=O)c1ccc2nc(-c3ccc4cc(-c5nc6cc(C(=O)N7CC8CC9CC7[C@H]98)cc(OC)c6n5C)n(CC5CC5)c4c3)ccc2c1O. The summed E-state index contributed by atoms with van der Waals surface area (Å²) in [4.78, 5) is 38.4. The second-order valence-corrected chi connectivity index (χ2v) is 14.9. The van der Waals surface area contributed by atoms with Gasteiger partial charge in [0.15, 0.2) is 5.82 Å². The Morgan fingerprint density at radius 1 is 0.961 bits per heavy atom. The number of pyridine rings is 1. The fourth-order valence-corrected chi connectivity index (χ4v) is 9.26. The van der Waals surface area contributed by atoms with Crippen molar-refractivity contribution in [1.82, 2.24) is 24.0 Å². The first-order valence-electron chi connectivity index (χ1n) is 18.1. The maximum atomic E-state index is 13.9. The predicted molar refractivity (Wildman–Crippen MR) is 194 cm³/mol. The van der Waals surface area contributed by atoms with E-state index in [2.05, 4.69) is 38.3 Å². The molecule has 51 heavy (non-hydrogen) atoms. The normalized spacial score (nSPS) is 21.9. The molecule has 4 fully saturated rings. The van der Waals surface area contributed by atoms with Gasteiger partial charge in [-0.2, -0.15) is 0 Å². The van der Waals surface area contributed by atoms with Crippen molar-refractivity contribution >= 4 is 44.7 Å². The summed E-state index contributed by atoms with van der Waals surface area (Å²) in [6.07, 6.45) is 4.82. The van der Waals surface area contributed by atoms with E-state index >= 15 is 0 Å². The summed E-state index contributed by atoms with van der Waals surface area (Å²) >= 11 is 0. The van der Waals surface area contributed by atoms with Crippen LogP contribution >= 0.6 is 0 Å². The molecule has 3 unspecified atom stereocenters. The van der Waals surface area contributed by atoms with Gasteiger partial charge in [-0.25, -0.2) is 14.8 Å². The number of ether oxygens (including phenoxy) is 2. The van der Waals surface area contributed by atoms with Gasteiger partial charge in [0, 0.05) is 53.6 Å².